The van der Waals surface area contributed by atoms with Gasteiger partial charge in [-0.05, 0) is 77.9 Å². The van der Waals surface area contributed by atoms with E-state index in [2.05, 4.69) is 33.6 Å². The van der Waals surface area contributed by atoms with Crippen molar-refractivity contribution < 1.29 is 14.2 Å². The van der Waals surface area contributed by atoms with Crippen LogP contribution < -0.4 is 19.1 Å². The maximum atomic E-state index is 6.00. The fraction of sp³-hybridized carbons (Fsp3) is 0.118. The predicted molar refractivity (Wildman–Crippen MR) is 161 cm³/mol. The van der Waals surface area contributed by atoms with Gasteiger partial charge in [0, 0.05) is 24.8 Å². The van der Waals surface area contributed by atoms with Gasteiger partial charge in [0.1, 0.15) is 28.8 Å². The average molecular weight is 543 g/mol. The quantitative estimate of drug-likeness (QED) is 0.180. The van der Waals surface area contributed by atoms with Gasteiger partial charge >= 0.3 is 0 Å². The summed E-state index contributed by atoms with van der Waals surface area (Å²) in [6, 6.07) is 36.0. The summed E-state index contributed by atoms with van der Waals surface area (Å²) < 4.78 is 18.9. The third-order valence-corrected chi connectivity index (χ3v) is 6.86. The van der Waals surface area contributed by atoms with Gasteiger partial charge in [0.15, 0.2) is 0 Å². The first-order chi connectivity index (χ1) is 20.2. The third kappa shape index (κ3) is 5.84. The second-order valence-corrected chi connectivity index (χ2v) is 9.58. The van der Waals surface area contributed by atoms with Crippen molar-refractivity contribution in [2.45, 2.75) is 13.1 Å². The van der Waals surface area contributed by atoms with Gasteiger partial charge in [-0.3, -0.25) is 4.40 Å². The summed E-state index contributed by atoms with van der Waals surface area (Å²) in [7, 11) is 3.35. The molecule has 0 unspecified atom stereocenters. The standard InChI is InChI=1S/C34H30N4O3/c1-39-29-14-8-25(9-15-29)23-37(24-26-10-16-30(40-2)17-11-26)34-35-21-20-28-22-36-33(38(28)34)27-12-18-32(19-13-27)41-31-6-4-3-5-7-31/h3-22H,23-24H2,1-2H3. The highest BCUT2D eigenvalue weighted by molar-refractivity contribution is 5.66. The van der Waals surface area contributed by atoms with Gasteiger partial charge in [0.25, 0.3) is 0 Å². The maximum absolute atomic E-state index is 6.00. The van der Waals surface area contributed by atoms with Crippen LogP contribution >= 0.6 is 0 Å². The predicted octanol–water partition coefficient (Wildman–Crippen LogP) is 7.41. The number of para-hydroxylation sites is 1. The van der Waals surface area contributed by atoms with E-state index in [1.165, 1.54) is 0 Å². The molecular weight excluding hydrogens is 512 g/mol. The number of anilines is 1. The zero-order valence-electron chi connectivity index (χ0n) is 23.0. The molecule has 0 N–H and O–H groups in total. The molecular formula is C34H30N4O3. The smallest absolute Gasteiger partial charge is 0.212 e. The van der Waals surface area contributed by atoms with E-state index >= 15 is 0 Å². The van der Waals surface area contributed by atoms with Crippen LogP contribution in [0.25, 0.3) is 16.9 Å². The van der Waals surface area contributed by atoms with E-state index in [-0.39, 0.29) is 0 Å². The largest absolute Gasteiger partial charge is 0.497 e. The minimum absolute atomic E-state index is 0.642. The zero-order chi connectivity index (χ0) is 28.0. The van der Waals surface area contributed by atoms with Crippen molar-refractivity contribution in [1.29, 1.82) is 0 Å². The molecule has 0 bridgehead atoms. The Bertz CT molecular complexity index is 1670. The molecule has 0 radical (unpaired) electrons. The van der Waals surface area contributed by atoms with Crippen LogP contribution in [0.1, 0.15) is 11.1 Å². The Labute approximate surface area is 239 Å². The van der Waals surface area contributed by atoms with Gasteiger partial charge in [-0.2, -0.15) is 0 Å². The van der Waals surface area contributed by atoms with Crippen molar-refractivity contribution >= 4 is 11.5 Å². The number of hydrogen-bond donors (Lipinski definition) is 0. The van der Waals surface area contributed by atoms with Crippen molar-refractivity contribution in [2.75, 3.05) is 19.1 Å². The lowest BCUT2D eigenvalue weighted by Gasteiger charge is -2.25. The summed E-state index contributed by atoms with van der Waals surface area (Å²) >= 11 is 0. The minimum Gasteiger partial charge on any atom is -0.497 e. The lowest BCUT2D eigenvalue weighted by Crippen LogP contribution is -2.25. The van der Waals surface area contributed by atoms with E-state index in [1.807, 2.05) is 97.3 Å². The van der Waals surface area contributed by atoms with Crippen molar-refractivity contribution in [3.8, 4) is 34.4 Å². The highest BCUT2D eigenvalue weighted by Crippen LogP contribution is 2.29. The molecule has 2 aromatic heterocycles. The van der Waals surface area contributed by atoms with Crippen LogP contribution in [0.15, 0.2) is 122 Å². The van der Waals surface area contributed by atoms with Crippen molar-refractivity contribution in [3.63, 3.8) is 0 Å². The molecule has 0 aliphatic rings. The number of hydrogen-bond acceptors (Lipinski definition) is 6. The van der Waals surface area contributed by atoms with Crippen LogP contribution in [-0.2, 0) is 13.1 Å². The van der Waals surface area contributed by atoms with E-state index in [9.17, 15) is 0 Å². The first kappa shape index (κ1) is 26.0. The number of imidazole rings is 1. The molecule has 7 heteroatoms. The Morgan fingerprint density at radius 2 is 1.17 bits per heavy atom. The summed E-state index contributed by atoms with van der Waals surface area (Å²) in [6.07, 6.45) is 3.72. The number of fused-ring (bicyclic) bond motifs is 1. The molecule has 2 heterocycles. The molecule has 7 nitrogen and oxygen atoms in total. The zero-order valence-corrected chi connectivity index (χ0v) is 23.0. The number of benzene rings is 4. The topological polar surface area (TPSA) is 61.1 Å². The minimum atomic E-state index is 0.642. The van der Waals surface area contributed by atoms with E-state index in [4.69, 9.17) is 24.2 Å². The fourth-order valence-electron chi connectivity index (χ4n) is 4.75. The number of nitrogens with zero attached hydrogens (tertiary/aromatic N) is 4. The second-order valence-electron chi connectivity index (χ2n) is 9.58. The Morgan fingerprint density at radius 3 is 1.76 bits per heavy atom. The highest BCUT2D eigenvalue weighted by Gasteiger charge is 2.18. The van der Waals surface area contributed by atoms with Crippen LogP contribution in [0.4, 0.5) is 5.95 Å². The normalized spacial score (nSPS) is 10.9. The summed E-state index contributed by atoms with van der Waals surface area (Å²) in [5.41, 5.74) is 4.21. The van der Waals surface area contributed by atoms with Gasteiger partial charge in [0.05, 0.1) is 25.9 Å². The summed E-state index contributed by atoms with van der Waals surface area (Å²) in [5.74, 6) is 4.82. The van der Waals surface area contributed by atoms with Crippen molar-refractivity contribution in [1.82, 2.24) is 14.4 Å². The molecule has 0 fully saturated rings. The van der Waals surface area contributed by atoms with Crippen LogP contribution in [-0.4, -0.2) is 28.6 Å². The van der Waals surface area contributed by atoms with Crippen molar-refractivity contribution in [2.24, 2.45) is 0 Å². The molecule has 204 valence electrons. The molecule has 41 heavy (non-hydrogen) atoms. The maximum Gasteiger partial charge on any atom is 0.212 e. The molecule has 0 atom stereocenters. The SMILES string of the molecule is COc1ccc(CN(Cc2ccc(OC)cc2)c2nccc3cnc(-c4ccc(Oc5ccccc5)cc4)n23)cc1. The van der Waals surface area contributed by atoms with E-state index in [0.29, 0.717) is 13.1 Å². The summed E-state index contributed by atoms with van der Waals surface area (Å²) in [5, 5.41) is 0. The van der Waals surface area contributed by atoms with Gasteiger partial charge in [0.2, 0.25) is 5.95 Å². The van der Waals surface area contributed by atoms with Crippen LogP contribution in [0.5, 0.6) is 23.0 Å². The summed E-state index contributed by atoms with van der Waals surface area (Å²) in [4.78, 5) is 11.9. The first-order valence-corrected chi connectivity index (χ1v) is 13.4. The van der Waals surface area contributed by atoms with Crippen LogP contribution in [0, 0.1) is 0 Å². The number of ether oxygens (including phenoxy) is 3. The van der Waals surface area contributed by atoms with Crippen molar-refractivity contribution in [3.05, 3.63) is 133 Å². The Balaban J connectivity index is 1.37. The van der Waals surface area contributed by atoms with Gasteiger partial charge in [-0.1, -0.05) is 42.5 Å². The molecule has 0 aliphatic heterocycles. The van der Waals surface area contributed by atoms with Gasteiger partial charge in [-0.15, -0.1) is 0 Å². The average Bonchev–Trinajstić information content (AvgIpc) is 3.47. The van der Waals surface area contributed by atoms with Gasteiger partial charge < -0.3 is 19.1 Å². The molecule has 0 spiro atoms. The molecule has 6 rings (SSSR count). The third-order valence-electron chi connectivity index (χ3n) is 6.86. The second kappa shape index (κ2) is 11.8. The Kier molecular flexibility index (Phi) is 7.49. The first-order valence-electron chi connectivity index (χ1n) is 13.4. The Morgan fingerprint density at radius 1 is 0.610 bits per heavy atom. The fourth-order valence-corrected chi connectivity index (χ4v) is 4.75. The molecule has 4 aromatic carbocycles. The highest BCUT2D eigenvalue weighted by atomic mass is 16.5. The Hall–Kier alpha value is -5.30. The van der Waals surface area contributed by atoms with Gasteiger partial charge in [-0.25, -0.2) is 9.97 Å². The summed E-state index contributed by atoms with van der Waals surface area (Å²) in [6.45, 7) is 1.28. The monoisotopic (exact) mass is 542 g/mol. The molecule has 0 saturated carbocycles. The molecule has 0 aliphatic carbocycles. The number of rotatable bonds is 10. The van der Waals surface area contributed by atoms with E-state index < -0.39 is 0 Å². The number of methoxy groups -OCH3 is 2. The van der Waals surface area contributed by atoms with E-state index in [0.717, 1.165) is 57.0 Å². The lowest BCUT2D eigenvalue weighted by atomic mass is 10.1. The van der Waals surface area contributed by atoms with Crippen LogP contribution in [0.3, 0.4) is 0 Å². The molecule has 0 saturated heterocycles. The van der Waals surface area contributed by atoms with Crippen LogP contribution in [0.2, 0.25) is 0 Å². The van der Waals surface area contributed by atoms with E-state index in [1.54, 1.807) is 14.2 Å². The number of aromatic nitrogens is 3. The molecule has 0 amide bonds. The lowest BCUT2D eigenvalue weighted by molar-refractivity contribution is 0.414. The molecule has 6 aromatic rings.